The van der Waals surface area contributed by atoms with Gasteiger partial charge < -0.3 is 15.3 Å². The number of hydrogen-bond acceptors (Lipinski definition) is 3. The molecule has 0 bridgehead atoms. The Kier molecular flexibility index (Phi) is 7.34. The fraction of sp³-hybridized carbons (Fsp3) is 0.917. The third-order valence-electron chi connectivity index (χ3n) is 3.08. The van der Waals surface area contributed by atoms with Crippen LogP contribution in [0.3, 0.4) is 0 Å². The minimum Gasteiger partial charge on any atom is -0.480 e. The summed E-state index contributed by atoms with van der Waals surface area (Å²) in [5.74, 6) is -0.756. The first-order chi connectivity index (χ1) is 7.50. The van der Waals surface area contributed by atoms with Crippen molar-refractivity contribution >= 4 is 5.97 Å². The van der Waals surface area contributed by atoms with Gasteiger partial charge in [0.05, 0.1) is 0 Å². The van der Waals surface area contributed by atoms with Crippen molar-refractivity contribution in [2.75, 3.05) is 26.2 Å². The van der Waals surface area contributed by atoms with Crippen molar-refractivity contribution in [2.24, 2.45) is 0 Å². The van der Waals surface area contributed by atoms with Crippen molar-refractivity contribution in [1.82, 2.24) is 10.2 Å². The molecule has 0 fully saturated rings. The van der Waals surface area contributed by atoms with E-state index in [1.807, 2.05) is 6.92 Å². The zero-order valence-electron chi connectivity index (χ0n) is 11.0. The van der Waals surface area contributed by atoms with Crippen LogP contribution in [0.1, 0.15) is 40.5 Å². The number of likely N-dealkylation sites (N-methyl/N-ethyl adjacent to an activating group) is 1. The van der Waals surface area contributed by atoms with Crippen molar-refractivity contribution in [3.8, 4) is 0 Å². The summed E-state index contributed by atoms with van der Waals surface area (Å²) in [5.41, 5.74) is -0.776. The Hall–Kier alpha value is -0.610. The summed E-state index contributed by atoms with van der Waals surface area (Å²) >= 11 is 0. The van der Waals surface area contributed by atoms with Crippen LogP contribution < -0.4 is 5.32 Å². The third kappa shape index (κ3) is 4.94. The lowest BCUT2D eigenvalue weighted by Gasteiger charge is -2.27. The van der Waals surface area contributed by atoms with E-state index in [2.05, 4.69) is 24.1 Å². The van der Waals surface area contributed by atoms with Gasteiger partial charge in [0.1, 0.15) is 5.54 Å². The molecule has 4 nitrogen and oxygen atoms in total. The first kappa shape index (κ1) is 15.4. The molecule has 0 aromatic rings. The molecule has 0 saturated heterocycles. The summed E-state index contributed by atoms with van der Waals surface area (Å²) in [6.07, 6.45) is 1.59. The first-order valence-corrected chi connectivity index (χ1v) is 6.20. The number of nitrogens with zero attached hydrogens (tertiary/aromatic N) is 1. The van der Waals surface area contributed by atoms with Crippen molar-refractivity contribution in [2.45, 2.75) is 46.1 Å². The van der Waals surface area contributed by atoms with E-state index in [1.54, 1.807) is 6.92 Å². The normalized spacial score (nSPS) is 15.1. The molecule has 2 N–H and O–H groups in total. The molecule has 1 atom stereocenters. The van der Waals surface area contributed by atoms with Crippen LogP contribution in [0.2, 0.25) is 0 Å². The van der Waals surface area contributed by atoms with Gasteiger partial charge in [-0.25, -0.2) is 0 Å². The maximum absolute atomic E-state index is 11.1. The van der Waals surface area contributed by atoms with Crippen LogP contribution in [0, 0.1) is 0 Å². The lowest BCUT2D eigenvalue weighted by molar-refractivity contribution is -0.144. The SMILES string of the molecule is CCNC(C)(CCCN(CC)CC)C(=O)O. The second-order valence-electron chi connectivity index (χ2n) is 4.30. The monoisotopic (exact) mass is 230 g/mol. The molecule has 0 radical (unpaired) electrons. The molecule has 4 heteroatoms. The Bertz CT molecular complexity index is 205. The van der Waals surface area contributed by atoms with Crippen LogP contribution in [-0.4, -0.2) is 47.7 Å². The zero-order chi connectivity index (χ0) is 12.6. The van der Waals surface area contributed by atoms with E-state index in [0.29, 0.717) is 13.0 Å². The average Bonchev–Trinajstić information content (AvgIpc) is 2.24. The van der Waals surface area contributed by atoms with Crippen molar-refractivity contribution in [3.63, 3.8) is 0 Å². The Morgan fingerprint density at radius 1 is 1.31 bits per heavy atom. The fourth-order valence-corrected chi connectivity index (χ4v) is 1.86. The Labute approximate surface area is 99.0 Å². The molecular weight excluding hydrogens is 204 g/mol. The summed E-state index contributed by atoms with van der Waals surface area (Å²) in [5, 5.41) is 12.2. The molecule has 0 aromatic heterocycles. The molecule has 0 aliphatic carbocycles. The minimum absolute atomic E-state index is 0.673. The van der Waals surface area contributed by atoms with E-state index in [9.17, 15) is 4.79 Å². The largest absolute Gasteiger partial charge is 0.480 e. The molecule has 0 aliphatic heterocycles. The molecule has 0 aromatic carbocycles. The predicted molar refractivity (Wildman–Crippen MR) is 66.7 cm³/mol. The standard InChI is InChI=1S/C12H26N2O2/c1-5-13-12(4,11(15)16)9-8-10-14(6-2)7-3/h13H,5-10H2,1-4H3,(H,15,16). The van der Waals surface area contributed by atoms with Crippen LogP contribution in [0.25, 0.3) is 0 Å². The van der Waals surface area contributed by atoms with Crippen LogP contribution in [0.4, 0.5) is 0 Å². The molecule has 0 rings (SSSR count). The fourth-order valence-electron chi connectivity index (χ4n) is 1.86. The van der Waals surface area contributed by atoms with Crippen LogP contribution in [-0.2, 0) is 4.79 Å². The molecule has 0 heterocycles. The van der Waals surface area contributed by atoms with Gasteiger partial charge in [-0.2, -0.15) is 0 Å². The van der Waals surface area contributed by atoms with Gasteiger partial charge in [-0.15, -0.1) is 0 Å². The summed E-state index contributed by atoms with van der Waals surface area (Å²) in [4.78, 5) is 13.5. The number of hydrogen-bond donors (Lipinski definition) is 2. The van der Waals surface area contributed by atoms with E-state index in [0.717, 1.165) is 26.1 Å². The topological polar surface area (TPSA) is 52.6 Å². The first-order valence-electron chi connectivity index (χ1n) is 6.20. The molecule has 1 unspecified atom stereocenters. The lowest BCUT2D eigenvalue weighted by atomic mass is 9.95. The van der Waals surface area contributed by atoms with Gasteiger partial charge in [0.25, 0.3) is 0 Å². The summed E-state index contributed by atoms with van der Waals surface area (Å²) in [6.45, 7) is 11.7. The van der Waals surface area contributed by atoms with Gasteiger partial charge >= 0.3 is 5.97 Å². The summed E-state index contributed by atoms with van der Waals surface area (Å²) < 4.78 is 0. The predicted octanol–water partition coefficient (Wildman–Crippen LogP) is 1.56. The highest BCUT2D eigenvalue weighted by atomic mass is 16.4. The smallest absolute Gasteiger partial charge is 0.323 e. The number of rotatable bonds is 9. The van der Waals surface area contributed by atoms with Crippen LogP contribution in [0.5, 0.6) is 0 Å². The summed E-state index contributed by atoms with van der Waals surface area (Å²) in [6, 6.07) is 0. The number of nitrogens with one attached hydrogen (secondary N) is 1. The summed E-state index contributed by atoms with van der Waals surface area (Å²) in [7, 11) is 0. The van der Waals surface area contributed by atoms with Crippen molar-refractivity contribution in [1.29, 1.82) is 0 Å². The van der Waals surface area contributed by atoms with Gasteiger partial charge in [-0.1, -0.05) is 20.8 Å². The van der Waals surface area contributed by atoms with Gasteiger partial charge in [0.2, 0.25) is 0 Å². The van der Waals surface area contributed by atoms with E-state index >= 15 is 0 Å². The van der Waals surface area contributed by atoms with Gasteiger partial charge in [0, 0.05) is 0 Å². The number of aliphatic carboxylic acids is 1. The number of carboxylic acids is 1. The minimum atomic E-state index is -0.776. The van der Waals surface area contributed by atoms with Crippen molar-refractivity contribution < 1.29 is 9.90 Å². The zero-order valence-corrected chi connectivity index (χ0v) is 11.0. The van der Waals surface area contributed by atoms with E-state index in [4.69, 9.17) is 5.11 Å². The molecule has 16 heavy (non-hydrogen) atoms. The van der Waals surface area contributed by atoms with Gasteiger partial charge in [-0.3, -0.25) is 4.79 Å². The van der Waals surface area contributed by atoms with Crippen molar-refractivity contribution in [3.05, 3.63) is 0 Å². The molecule has 0 amide bonds. The second-order valence-corrected chi connectivity index (χ2v) is 4.30. The Balaban J connectivity index is 4.08. The van der Waals surface area contributed by atoms with E-state index in [1.165, 1.54) is 0 Å². The quantitative estimate of drug-likeness (QED) is 0.631. The number of carboxylic acid groups (broad SMARTS) is 1. The van der Waals surface area contributed by atoms with E-state index < -0.39 is 11.5 Å². The highest BCUT2D eigenvalue weighted by molar-refractivity contribution is 5.78. The average molecular weight is 230 g/mol. The highest BCUT2D eigenvalue weighted by Gasteiger charge is 2.31. The second kappa shape index (κ2) is 7.63. The highest BCUT2D eigenvalue weighted by Crippen LogP contribution is 2.13. The molecule has 0 saturated carbocycles. The Morgan fingerprint density at radius 3 is 2.25 bits per heavy atom. The number of carbonyl (C=O) groups is 1. The Morgan fingerprint density at radius 2 is 1.88 bits per heavy atom. The molecule has 0 aliphatic rings. The molecule has 96 valence electrons. The maximum Gasteiger partial charge on any atom is 0.323 e. The lowest BCUT2D eigenvalue weighted by Crippen LogP contribution is -2.49. The van der Waals surface area contributed by atoms with E-state index in [-0.39, 0.29) is 0 Å². The van der Waals surface area contributed by atoms with Crippen LogP contribution >= 0.6 is 0 Å². The van der Waals surface area contributed by atoms with Gasteiger partial charge in [-0.05, 0) is 45.9 Å². The van der Waals surface area contributed by atoms with Gasteiger partial charge in [0.15, 0.2) is 0 Å². The maximum atomic E-state index is 11.1. The third-order valence-corrected chi connectivity index (χ3v) is 3.08. The molecular formula is C12H26N2O2. The van der Waals surface area contributed by atoms with Crippen LogP contribution in [0.15, 0.2) is 0 Å². The molecule has 0 spiro atoms.